The average molecular weight is 209 g/mol. The van der Waals surface area contributed by atoms with E-state index in [0.717, 1.165) is 0 Å². The van der Waals surface area contributed by atoms with E-state index in [2.05, 4.69) is 0 Å². The second kappa shape index (κ2) is 5.57. The van der Waals surface area contributed by atoms with Crippen LogP contribution in [0.25, 0.3) is 0 Å². The molecule has 4 nitrogen and oxygen atoms in total. The molecule has 0 amide bonds. The Bertz CT molecular complexity index is 226. The Hall–Kier alpha value is -0.130. The van der Waals surface area contributed by atoms with E-state index >= 15 is 0 Å². The number of hydrogen-bond acceptors (Lipinski definition) is 4. The lowest BCUT2D eigenvalue weighted by Crippen LogP contribution is -2.34. The number of sulfone groups is 1. The Labute approximate surface area is 80.4 Å². The summed E-state index contributed by atoms with van der Waals surface area (Å²) < 4.78 is 28.1. The summed E-state index contributed by atoms with van der Waals surface area (Å²) >= 11 is 0. The van der Waals surface area contributed by atoms with Crippen molar-refractivity contribution >= 4 is 9.84 Å². The van der Waals surface area contributed by atoms with Crippen molar-refractivity contribution in [2.24, 2.45) is 5.73 Å². The smallest absolute Gasteiger partial charge is 0.156 e. The number of methoxy groups -OCH3 is 1. The molecular weight excluding hydrogens is 190 g/mol. The molecule has 0 saturated heterocycles. The zero-order valence-electron chi connectivity index (χ0n) is 8.49. The van der Waals surface area contributed by atoms with Gasteiger partial charge in [0.1, 0.15) is 0 Å². The van der Waals surface area contributed by atoms with Crippen molar-refractivity contribution in [2.45, 2.75) is 30.8 Å². The number of ether oxygens (including phenoxy) is 1. The van der Waals surface area contributed by atoms with Crippen LogP contribution >= 0.6 is 0 Å². The predicted molar refractivity (Wildman–Crippen MR) is 53.4 cm³/mol. The maximum atomic E-state index is 11.6. The van der Waals surface area contributed by atoms with Gasteiger partial charge in [0.05, 0.1) is 10.5 Å². The lowest BCUT2D eigenvalue weighted by atomic mass is 10.3. The van der Waals surface area contributed by atoms with Crippen molar-refractivity contribution in [1.82, 2.24) is 0 Å². The van der Waals surface area contributed by atoms with E-state index in [0.29, 0.717) is 13.0 Å². The van der Waals surface area contributed by atoms with E-state index in [1.165, 1.54) is 0 Å². The highest BCUT2D eigenvalue weighted by Crippen LogP contribution is 2.11. The normalized spacial score (nSPS) is 16.9. The number of hydrogen-bond donors (Lipinski definition) is 1. The van der Waals surface area contributed by atoms with E-state index in [4.69, 9.17) is 10.5 Å². The van der Waals surface area contributed by atoms with Crippen LogP contribution < -0.4 is 5.73 Å². The predicted octanol–water partition coefficient (Wildman–Crippen LogP) is 0.173. The third-order valence-electron chi connectivity index (χ3n) is 2.18. The van der Waals surface area contributed by atoms with Crippen molar-refractivity contribution in [3.8, 4) is 0 Å². The first kappa shape index (κ1) is 12.9. The zero-order valence-corrected chi connectivity index (χ0v) is 9.30. The summed E-state index contributed by atoms with van der Waals surface area (Å²) in [4.78, 5) is 0. The van der Waals surface area contributed by atoms with Gasteiger partial charge in [0.15, 0.2) is 9.84 Å². The first-order valence-corrected chi connectivity index (χ1v) is 5.99. The van der Waals surface area contributed by atoms with E-state index in [-0.39, 0.29) is 11.8 Å². The molecule has 0 aromatic heterocycles. The number of rotatable bonds is 6. The van der Waals surface area contributed by atoms with Gasteiger partial charge in [-0.1, -0.05) is 0 Å². The molecule has 0 spiro atoms. The van der Waals surface area contributed by atoms with Crippen LogP contribution in [0.3, 0.4) is 0 Å². The minimum atomic E-state index is -3.07. The molecule has 0 rings (SSSR count). The summed E-state index contributed by atoms with van der Waals surface area (Å²) in [6.07, 6.45) is 0.531. The van der Waals surface area contributed by atoms with E-state index in [9.17, 15) is 8.42 Å². The highest BCUT2D eigenvalue weighted by Gasteiger charge is 2.26. The highest BCUT2D eigenvalue weighted by molar-refractivity contribution is 7.92. The molecule has 5 heteroatoms. The van der Waals surface area contributed by atoms with Gasteiger partial charge in [-0.3, -0.25) is 0 Å². The molecule has 0 aliphatic heterocycles. The molecule has 2 N–H and O–H groups in total. The van der Waals surface area contributed by atoms with Crippen LogP contribution in [0.15, 0.2) is 0 Å². The Morgan fingerprint density at radius 2 is 1.85 bits per heavy atom. The van der Waals surface area contributed by atoms with Crippen molar-refractivity contribution in [2.75, 3.05) is 20.3 Å². The van der Waals surface area contributed by atoms with Gasteiger partial charge in [0.25, 0.3) is 0 Å². The third-order valence-corrected chi connectivity index (χ3v) is 4.85. The van der Waals surface area contributed by atoms with Crippen LogP contribution in [0.4, 0.5) is 0 Å². The molecule has 0 radical (unpaired) electrons. The Balaban J connectivity index is 4.28. The maximum absolute atomic E-state index is 11.6. The Morgan fingerprint density at radius 3 is 2.23 bits per heavy atom. The summed E-state index contributed by atoms with van der Waals surface area (Å²) in [5, 5.41) is -0.828. The topological polar surface area (TPSA) is 69.4 Å². The molecule has 0 heterocycles. The summed E-state index contributed by atoms with van der Waals surface area (Å²) in [6, 6.07) is 0. The van der Waals surface area contributed by atoms with Crippen molar-refractivity contribution in [3.05, 3.63) is 0 Å². The van der Waals surface area contributed by atoms with Crippen LogP contribution in [-0.2, 0) is 14.6 Å². The molecule has 0 aliphatic rings. The minimum absolute atomic E-state index is 0.180. The second-order valence-corrected chi connectivity index (χ2v) is 6.01. The lowest BCUT2D eigenvalue weighted by Gasteiger charge is -2.16. The van der Waals surface area contributed by atoms with Gasteiger partial charge in [-0.2, -0.15) is 0 Å². The monoisotopic (exact) mass is 209 g/mol. The molecule has 13 heavy (non-hydrogen) atoms. The van der Waals surface area contributed by atoms with Crippen LogP contribution in [0.5, 0.6) is 0 Å². The standard InChI is InChI=1S/C8H19NO3S/c1-7(4-5-12-3)13(10,11)8(2)6-9/h7-8H,4-6,9H2,1-3H3. The zero-order chi connectivity index (χ0) is 10.5. The van der Waals surface area contributed by atoms with Gasteiger partial charge in [-0.15, -0.1) is 0 Å². The van der Waals surface area contributed by atoms with Crippen LogP contribution in [-0.4, -0.2) is 39.2 Å². The van der Waals surface area contributed by atoms with Gasteiger partial charge in [0, 0.05) is 20.3 Å². The molecule has 2 unspecified atom stereocenters. The van der Waals surface area contributed by atoms with E-state index < -0.39 is 15.1 Å². The molecular formula is C8H19NO3S. The fourth-order valence-corrected chi connectivity index (χ4v) is 2.46. The lowest BCUT2D eigenvalue weighted by molar-refractivity contribution is 0.194. The first-order chi connectivity index (χ1) is 5.96. The van der Waals surface area contributed by atoms with Gasteiger partial charge < -0.3 is 10.5 Å². The Kier molecular flexibility index (Phi) is 5.51. The minimum Gasteiger partial charge on any atom is -0.385 e. The summed E-state index contributed by atoms with van der Waals surface area (Å²) in [6.45, 7) is 3.98. The molecule has 80 valence electrons. The summed E-state index contributed by atoms with van der Waals surface area (Å²) in [7, 11) is -1.51. The Morgan fingerprint density at radius 1 is 1.31 bits per heavy atom. The summed E-state index contributed by atoms with van der Waals surface area (Å²) in [5.41, 5.74) is 5.31. The highest BCUT2D eigenvalue weighted by atomic mass is 32.2. The quantitative estimate of drug-likeness (QED) is 0.677. The van der Waals surface area contributed by atoms with Gasteiger partial charge in [0.2, 0.25) is 0 Å². The molecule has 0 aromatic rings. The fourth-order valence-electron chi connectivity index (χ4n) is 0.979. The molecule has 0 aliphatic carbocycles. The molecule has 0 bridgehead atoms. The third kappa shape index (κ3) is 3.62. The largest absolute Gasteiger partial charge is 0.385 e. The van der Waals surface area contributed by atoms with Crippen LogP contribution in [0, 0.1) is 0 Å². The van der Waals surface area contributed by atoms with Gasteiger partial charge in [-0.05, 0) is 20.3 Å². The van der Waals surface area contributed by atoms with E-state index in [1.54, 1.807) is 21.0 Å². The maximum Gasteiger partial charge on any atom is 0.156 e. The van der Waals surface area contributed by atoms with Gasteiger partial charge >= 0.3 is 0 Å². The molecule has 0 saturated carbocycles. The second-order valence-electron chi connectivity index (χ2n) is 3.23. The SMILES string of the molecule is COCCC(C)S(=O)(=O)C(C)CN. The molecule has 2 atom stereocenters. The van der Waals surface area contributed by atoms with Crippen molar-refractivity contribution in [1.29, 1.82) is 0 Å². The number of nitrogens with two attached hydrogens (primary N) is 1. The van der Waals surface area contributed by atoms with Crippen molar-refractivity contribution < 1.29 is 13.2 Å². The van der Waals surface area contributed by atoms with E-state index in [1.807, 2.05) is 0 Å². The van der Waals surface area contributed by atoms with Crippen molar-refractivity contribution in [3.63, 3.8) is 0 Å². The van der Waals surface area contributed by atoms with Crippen LogP contribution in [0.1, 0.15) is 20.3 Å². The molecule has 0 aromatic carbocycles. The van der Waals surface area contributed by atoms with Crippen LogP contribution in [0.2, 0.25) is 0 Å². The molecule has 0 fully saturated rings. The first-order valence-electron chi connectivity index (χ1n) is 4.38. The summed E-state index contributed by atoms with van der Waals surface area (Å²) in [5.74, 6) is 0. The average Bonchev–Trinajstić information content (AvgIpc) is 2.12. The fraction of sp³-hybridized carbons (Fsp3) is 1.00. The van der Waals surface area contributed by atoms with Gasteiger partial charge in [-0.25, -0.2) is 8.42 Å².